The van der Waals surface area contributed by atoms with Crippen molar-refractivity contribution in [3.05, 3.63) is 28.2 Å². The molecule has 0 aliphatic carbocycles. The zero-order chi connectivity index (χ0) is 14.4. The summed E-state index contributed by atoms with van der Waals surface area (Å²) in [5.74, 6) is 0.276. The largest absolute Gasteiger partial charge is 0.484 e. The third-order valence-corrected chi connectivity index (χ3v) is 3.43. The molecule has 6 heteroatoms. The first-order valence-electron chi connectivity index (χ1n) is 5.66. The molecule has 0 heterocycles. The van der Waals surface area contributed by atoms with Gasteiger partial charge in [0.25, 0.3) is 5.91 Å². The SMILES string of the molecule is CC(CC#N)N(C)C(=O)COc1ccc(Cl)c(Cl)c1. The summed E-state index contributed by atoms with van der Waals surface area (Å²) in [5.41, 5.74) is 0. The third kappa shape index (κ3) is 4.62. The van der Waals surface area contributed by atoms with Crippen LogP contribution in [0.1, 0.15) is 13.3 Å². The number of nitriles is 1. The van der Waals surface area contributed by atoms with Gasteiger partial charge in [-0.25, -0.2) is 0 Å². The average Bonchev–Trinajstić information content (AvgIpc) is 2.39. The second-order valence-corrected chi connectivity index (χ2v) is 4.89. The van der Waals surface area contributed by atoms with Gasteiger partial charge in [-0.1, -0.05) is 23.2 Å². The molecule has 0 bridgehead atoms. The van der Waals surface area contributed by atoms with E-state index in [4.69, 9.17) is 33.2 Å². The molecule has 1 aromatic rings. The number of carbonyl (C=O) groups is 1. The van der Waals surface area contributed by atoms with Crippen molar-refractivity contribution in [1.29, 1.82) is 5.26 Å². The summed E-state index contributed by atoms with van der Waals surface area (Å²) in [6.07, 6.45) is 0.287. The standard InChI is InChI=1S/C13H14Cl2N2O2/c1-9(5-6-16)17(2)13(18)8-19-10-3-4-11(14)12(15)7-10/h3-4,7,9H,5,8H2,1-2H3. The van der Waals surface area contributed by atoms with E-state index in [9.17, 15) is 4.79 Å². The van der Waals surface area contributed by atoms with Crippen LogP contribution >= 0.6 is 23.2 Å². The van der Waals surface area contributed by atoms with Gasteiger partial charge in [0.2, 0.25) is 0 Å². The molecule has 102 valence electrons. The number of likely N-dealkylation sites (N-methyl/N-ethyl adjacent to an activating group) is 1. The lowest BCUT2D eigenvalue weighted by atomic mass is 10.2. The Morgan fingerprint density at radius 3 is 2.74 bits per heavy atom. The Bertz CT molecular complexity index is 500. The number of nitrogens with zero attached hydrogens (tertiary/aromatic N) is 2. The molecule has 4 nitrogen and oxygen atoms in total. The van der Waals surface area contributed by atoms with Gasteiger partial charge in [0, 0.05) is 19.2 Å². The lowest BCUT2D eigenvalue weighted by molar-refractivity contribution is -0.133. The minimum atomic E-state index is -0.200. The second kappa shape index (κ2) is 7.22. The third-order valence-electron chi connectivity index (χ3n) is 2.69. The van der Waals surface area contributed by atoms with Crippen LogP contribution in [0.4, 0.5) is 0 Å². The number of rotatable bonds is 5. The quantitative estimate of drug-likeness (QED) is 0.839. The van der Waals surface area contributed by atoms with Crippen LogP contribution in [0.15, 0.2) is 18.2 Å². The molecular weight excluding hydrogens is 287 g/mol. The van der Waals surface area contributed by atoms with Crippen LogP contribution in [-0.4, -0.2) is 30.5 Å². The highest BCUT2D eigenvalue weighted by Crippen LogP contribution is 2.26. The Morgan fingerprint density at radius 1 is 1.47 bits per heavy atom. The normalized spacial score (nSPS) is 11.5. The number of halogens is 2. The Morgan fingerprint density at radius 2 is 2.16 bits per heavy atom. The smallest absolute Gasteiger partial charge is 0.260 e. The molecule has 0 N–H and O–H groups in total. The summed E-state index contributed by atoms with van der Waals surface area (Å²) in [7, 11) is 1.64. The molecular formula is C13H14Cl2N2O2. The fraction of sp³-hybridized carbons (Fsp3) is 0.385. The van der Waals surface area contributed by atoms with E-state index in [1.54, 1.807) is 32.2 Å². The summed E-state index contributed by atoms with van der Waals surface area (Å²) in [5, 5.41) is 9.39. The van der Waals surface area contributed by atoms with Gasteiger partial charge in [-0.3, -0.25) is 4.79 Å². The van der Waals surface area contributed by atoms with E-state index in [1.807, 2.05) is 6.07 Å². The van der Waals surface area contributed by atoms with Crippen molar-refractivity contribution in [2.45, 2.75) is 19.4 Å². The van der Waals surface area contributed by atoms with Crippen LogP contribution < -0.4 is 4.74 Å². The number of amides is 1. The van der Waals surface area contributed by atoms with E-state index in [0.29, 0.717) is 15.8 Å². The number of ether oxygens (including phenoxy) is 1. The average molecular weight is 301 g/mol. The van der Waals surface area contributed by atoms with E-state index in [0.717, 1.165) is 0 Å². The number of benzene rings is 1. The zero-order valence-electron chi connectivity index (χ0n) is 10.7. The molecule has 1 unspecified atom stereocenters. The molecule has 1 amide bonds. The Labute approximate surface area is 122 Å². The van der Waals surface area contributed by atoms with E-state index in [1.165, 1.54) is 4.90 Å². The van der Waals surface area contributed by atoms with Gasteiger partial charge in [-0.2, -0.15) is 5.26 Å². The highest BCUT2D eigenvalue weighted by Gasteiger charge is 2.16. The molecule has 1 rings (SSSR count). The number of carbonyl (C=O) groups excluding carboxylic acids is 1. The maximum Gasteiger partial charge on any atom is 0.260 e. The maximum atomic E-state index is 11.8. The van der Waals surface area contributed by atoms with E-state index in [-0.39, 0.29) is 25.0 Å². The monoisotopic (exact) mass is 300 g/mol. The van der Waals surface area contributed by atoms with Crippen molar-refractivity contribution in [3.63, 3.8) is 0 Å². The fourth-order valence-corrected chi connectivity index (χ4v) is 1.62. The van der Waals surface area contributed by atoms with Gasteiger partial charge in [0.15, 0.2) is 6.61 Å². The van der Waals surface area contributed by atoms with E-state index in [2.05, 4.69) is 0 Å². The van der Waals surface area contributed by atoms with Gasteiger partial charge in [-0.15, -0.1) is 0 Å². The molecule has 0 aliphatic rings. The summed E-state index contributed by atoms with van der Waals surface area (Å²) in [4.78, 5) is 13.3. The highest BCUT2D eigenvalue weighted by molar-refractivity contribution is 6.42. The van der Waals surface area contributed by atoms with Crippen LogP contribution in [0.5, 0.6) is 5.75 Å². The maximum absolute atomic E-state index is 11.8. The van der Waals surface area contributed by atoms with Crippen molar-refractivity contribution in [2.24, 2.45) is 0 Å². The summed E-state index contributed by atoms with van der Waals surface area (Å²) < 4.78 is 5.34. The molecule has 0 fully saturated rings. The first-order valence-corrected chi connectivity index (χ1v) is 6.41. The molecule has 0 aliphatic heterocycles. The van der Waals surface area contributed by atoms with Crippen LogP contribution in [-0.2, 0) is 4.79 Å². The molecule has 1 aromatic carbocycles. The topological polar surface area (TPSA) is 53.3 Å². The Hall–Kier alpha value is -1.44. The first-order chi connectivity index (χ1) is 8.95. The van der Waals surface area contributed by atoms with Crippen molar-refractivity contribution >= 4 is 29.1 Å². The van der Waals surface area contributed by atoms with E-state index >= 15 is 0 Å². The van der Waals surface area contributed by atoms with Crippen molar-refractivity contribution < 1.29 is 9.53 Å². The second-order valence-electron chi connectivity index (χ2n) is 4.08. The van der Waals surface area contributed by atoms with Crippen LogP contribution in [0.3, 0.4) is 0 Å². The zero-order valence-corrected chi connectivity index (χ0v) is 12.2. The number of hydrogen-bond acceptors (Lipinski definition) is 3. The lowest BCUT2D eigenvalue weighted by Gasteiger charge is -2.22. The predicted octanol–water partition coefficient (Wildman–Crippen LogP) is 3.13. The van der Waals surface area contributed by atoms with Gasteiger partial charge in [0.1, 0.15) is 5.75 Å². The molecule has 1 atom stereocenters. The van der Waals surface area contributed by atoms with Crippen molar-refractivity contribution in [2.75, 3.05) is 13.7 Å². The summed E-state index contributed by atoms with van der Waals surface area (Å²) in [6.45, 7) is 1.70. The van der Waals surface area contributed by atoms with Gasteiger partial charge in [-0.05, 0) is 19.1 Å². The lowest BCUT2D eigenvalue weighted by Crippen LogP contribution is -2.38. The highest BCUT2D eigenvalue weighted by atomic mass is 35.5. The first kappa shape index (κ1) is 15.6. The van der Waals surface area contributed by atoms with Crippen molar-refractivity contribution in [3.8, 4) is 11.8 Å². The molecule has 0 saturated heterocycles. The Kier molecular flexibility index (Phi) is 5.94. The molecule has 0 saturated carbocycles. The minimum Gasteiger partial charge on any atom is -0.484 e. The van der Waals surface area contributed by atoms with Crippen LogP contribution in [0.25, 0.3) is 0 Å². The molecule has 0 spiro atoms. The molecule has 0 aromatic heterocycles. The van der Waals surface area contributed by atoms with E-state index < -0.39 is 0 Å². The molecule has 19 heavy (non-hydrogen) atoms. The van der Waals surface area contributed by atoms with Gasteiger partial charge >= 0.3 is 0 Å². The summed E-state index contributed by atoms with van der Waals surface area (Å²) >= 11 is 11.6. The van der Waals surface area contributed by atoms with Crippen LogP contribution in [0, 0.1) is 11.3 Å². The predicted molar refractivity (Wildman–Crippen MR) is 74.4 cm³/mol. The molecule has 0 radical (unpaired) electrons. The van der Waals surface area contributed by atoms with Crippen LogP contribution in [0.2, 0.25) is 10.0 Å². The fourth-order valence-electron chi connectivity index (χ4n) is 1.33. The van der Waals surface area contributed by atoms with Crippen molar-refractivity contribution in [1.82, 2.24) is 4.90 Å². The Balaban J connectivity index is 2.54. The summed E-state index contributed by atoms with van der Waals surface area (Å²) in [6, 6.07) is 6.67. The van der Waals surface area contributed by atoms with Gasteiger partial charge in [0.05, 0.1) is 22.5 Å². The van der Waals surface area contributed by atoms with Gasteiger partial charge < -0.3 is 9.64 Å². The number of hydrogen-bond donors (Lipinski definition) is 0. The minimum absolute atomic E-state index is 0.107.